The van der Waals surface area contributed by atoms with E-state index >= 15 is 0 Å². The van der Waals surface area contributed by atoms with E-state index < -0.39 is 15.7 Å². The first-order valence-electron chi connectivity index (χ1n) is 9.27. The van der Waals surface area contributed by atoms with Gasteiger partial charge in [-0.1, -0.05) is 18.2 Å². The molecule has 0 amide bonds. The Kier molecular flexibility index (Phi) is 5.17. The predicted octanol–water partition coefficient (Wildman–Crippen LogP) is 4.05. The van der Waals surface area contributed by atoms with Crippen LogP contribution in [0.3, 0.4) is 0 Å². The topological polar surface area (TPSA) is 92.8 Å². The summed E-state index contributed by atoms with van der Waals surface area (Å²) in [5, 5.41) is 7.38. The van der Waals surface area contributed by atoms with Crippen molar-refractivity contribution < 1.29 is 17.6 Å². The second-order valence-electron chi connectivity index (χ2n) is 7.04. The number of carbonyl (C=O) groups excluding carboxylic acids is 1. The Hall–Kier alpha value is -3.39. The van der Waals surface area contributed by atoms with Crippen LogP contribution in [0.5, 0.6) is 0 Å². The third kappa shape index (κ3) is 3.86. The molecule has 0 unspecified atom stereocenters. The number of carbonyl (C=O) groups is 1. The lowest BCUT2D eigenvalue weighted by molar-refractivity contribution is 0.0982. The Morgan fingerprint density at radius 2 is 1.83 bits per heavy atom. The van der Waals surface area contributed by atoms with Crippen molar-refractivity contribution in [1.82, 2.24) is 15.2 Å². The Bertz CT molecular complexity index is 1350. The van der Waals surface area contributed by atoms with E-state index in [0.717, 1.165) is 17.0 Å². The number of pyridine rings is 1. The van der Waals surface area contributed by atoms with E-state index in [1.165, 1.54) is 30.5 Å². The van der Waals surface area contributed by atoms with Crippen LogP contribution in [0.25, 0.3) is 11.0 Å². The second-order valence-corrected chi connectivity index (χ2v) is 8.95. The van der Waals surface area contributed by atoms with Gasteiger partial charge in [0.1, 0.15) is 10.7 Å². The average Bonchev–Trinajstić information content (AvgIpc) is 3.22. The van der Waals surface area contributed by atoms with Gasteiger partial charge < -0.3 is 0 Å². The number of aryl methyl sites for hydroxylation is 2. The fourth-order valence-electron chi connectivity index (χ4n) is 3.17. The van der Waals surface area contributed by atoms with Crippen LogP contribution < -0.4 is 0 Å². The highest BCUT2D eigenvalue weighted by Gasteiger charge is 2.22. The quantitative estimate of drug-likeness (QED) is 0.472. The molecule has 0 bridgehead atoms. The van der Waals surface area contributed by atoms with Crippen molar-refractivity contribution in [2.75, 3.05) is 0 Å². The Morgan fingerprint density at radius 1 is 1.07 bits per heavy atom. The molecule has 4 rings (SSSR count). The number of nitrogens with zero attached hydrogens (tertiary/aromatic N) is 2. The molecule has 30 heavy (non-hydrogen) atoms. The van der Waals surface area contributed by atoms with Crippen LogP contribution in [0, 0.1) is 12.7 Å². The number of ketones is 1. The maximum atomic E-state index is 14.1. The standard InChI is InChI=1S/C22H18FN3O3S/c1-14-2-8-19(23)21(10-14)30(28,29)18-6-3-15(4-7-18)5-9-20(27)16-11-17-13-25-26-22(17)24-12-16/h2-4,6-8,10-13H,5,9H2,1H3,(H,24,25,26). The van der Waals surface area contributed by atoms with Gasteiger partial charge in [0.25, 0.3) is 0 Å². The van der Waals surface area contributed by atoms with Gasteiger partial charge in [0, 0.05) is 23.6 Å². The molecule has 2 aromatic heterocycles. The van der Waals surface area contributed by atoms with Crippen LogP contribution in [0.1, 0.15) is 27.9 Å². The summed E-state index contributed by atoms with van der Waals surface area (Å²) in [6, 6.07) is 11.9. The highest BCUT2D eigenvalue weighted by atomic mass is 32.2. The molecule has 0 radical (unpaired) electrons. The van der Waals surface area contributed by atoms with Crippen molar-refractivity contribution in [3.8, 4) is 0 Å². The fraction of sp³-hybridized carbons (Fsp3) is 0.136. The van der Waals surface area contributed by atoms with E-state index in [4.69, 9.17) is 0 Å². The third-order valence-electron chi connectivity index (χ3n) is 4.86. The van der Waals surface area contributed by atoms with Crippen molar-refractivity contribution in [3.63, 3.8) is 0 Å². The zero-order valence-corrected chi connectivity index (χ0v) is 16.9. The van der Waals surface area contributed by atoms with Gasteiger partial charge in [-0.3, -0.25) is 9.89 Å². The Labute approximate surface area is 172 Å². The van der Waals surface area contributed by atoms with Crippen LogP contribution >= 0.6 is 0 Å². The number of sulfone groups is 1. The van der Waals surface area contributed by atoms with Crippen molar-refractivity contribution in [3.05, 3.63) is 83.4 Å². The molecule has 0 aliphatic rings. The highest BCUT2D eigenvalue weighted by Crippen LogP contribution is 2.25. The molecule has 0 aliphatic heterocycles. The van der Waals surface area contributed by atoms with Crippen molar-refractivity contribution >= 4 is 26.7 Å². The average molecular weight is 423 g/mol. The molecule has 1 N–H and O–H groups in total. The minimum Gasteiger partial charge on any atom is -0.294 e. The number of hydrogen-bond acceptors (Lipinski definition) is 5. The summed E-state index contributed by atoms with van der Waals surface area (Å²) in [7, 11) is -3.96. The van der Waals surface area contributed by atoms with E-state index in [9.17, 15) is 17.6 Å². The number of fused-ring (bicyclic) bond motifs is 1. The molecule has 152 valence electrons. The summed E-state index contributed by atoms with van der Waals surface area (Å²) >= 11 is 0. The first-order valence-corrected chi connectivity index (χ1v) is 10.8. The van der Waals surface area contributed by atoms with E-state index in [-0.39, 0.29) is 22.0 Å². The van der Waals surface area contributed by atoms with Gasteiger partial charge in [0.2, 0.25) is 9.84 Å². The monoisotopic (exact) mass is 423 g/mol. The van der Waals surface area contributed by atoms with Gasteiger partial charge in [-0.25, -0.2) is 17.8 Å². The van der Waals surface area contributed by atoms with Crippen LogP contribution in [0.15, 0.2) is 70.7 Å². The number of benzene rings is 2. The van der Waals surface area contributed by atoms with Gasteiger partial charge in [-0.15, -0.1) is 0 Å². The summed E-state index contributed by atoms with van der Waals surface area (Å²) in [6.45, 7) is 1.71. The van der Waals surface area contributed by atoms with Gasteiger partial charge in [-0.2, -0.15) is 5.10 Å². The number of H-pyrrole nitrogens is 1. The lowest BCUT2D eigenvalue weighted by Gasteiger charge is -2.08. The fourth-order valence-corrected chi connectivity index (χ4v) is 4.58. The lowest BCUT2D eigenvalue weighted by atomic mass is 10.0. The Morgan fingerprint density at radius 3 is 2.60 bits per heavy atom. The number of nitrogens with one attached hydrogen (secondary N) is 1. The molecule has 0 saturated carbocycles. The maximum Gasteiger partial charge on any atom is 0.209 e. The van der Waals surface area contributed by atoms with Crippen molar-refractivity contribution in [2.45, 2.75) is 29.6 Å². The first-order chi connectivity index (χ1) is 14.3. The maximum absolute atomic E-state index is 14.1. The summed E-state index contributed by atoms with van der Waals surface area (Å²) < 4.78 is 39.5. The number of halogens is 1. The highest BCUT2D eigenvalue weighted by molar-refractivity contribution is 7.91. The smallest absolute Gasteiger partial charge is 0.209 e. The molecule has 0 aliphatic carbocycles. The van der Waals surface area contributed by atoms with E-state index in [1.54, 1.807) is 31.3 Å². The first kappa shape index (κ1) is 19.9. The molecule has 0 fully saturated rings. The van der Waals surface area contributed by atoms with Crippen LogP contribution in [-0.4, -0.2) is 29.4 Å². The van der Waals surface area contributed by atoms with E-state index in [1.807, 2.05) is 0 Å². The molecule has 8 heteroatoms. The van der Waals surface area contributed by atoms with Crippen LogP contribution in [0.4, 0.5) is 4.39 Å². The van der Waals surface area contributed by atoms with Gasteiger partial charge in [-0.05, 0) is 54.8 Å². The van der Waals surface area contributed by atoms with Crippen molar-refractivity contribution in [2.24, 2.45) is 0 Å². The van der Waals surface area contributed by atoms with Gasteiger partial charge in [0.15, 0.2) is 11.4 Å². The number of aromatic amines is 1. The van der Waals surface area contributed by atoms with Gasteiger partial charge in [0.05, 0.1) is 11.1 Å². The summed E-state index contributed by atoms with van der Waals surface area (Å²) in [5.41, 5.74) is 2.59. The third-order valence-corrected chi connectivity index (χ3v) is 6.65. The molecule has 2 aromatic carbocycles. The zero-order chi connectivity index (χ0) is 21.3. The molecular formula is C22H18FN3O3S. The molecule has 6 nitrogen and oxygen atoms in total. The molecule has 0 spiro atoms. The molecular weight excluding hydrogens is 405 g/mol. The van der Waals surface area contributed by atoms with Crippen LogP contribution in [-0.2, 0) is 16.3 Å². The largest absolute Gasteiger partial charge is 0.294 e. The lowest BCUT2D eigenvalue weighted by Crippen LogP contribution is -2.06. The predicted molar refractivity (Wildman–Crippen MR) is 110 cm³/mol. The Balaban J connectivity index is 1.48. The summed E-state index contributed by atoms with van der Waals surface area (Å²) in [4.78, 5) is 16.3. The number of Topliss-reactive ketones (excluding diaryl/α,β-unsaturated/α-hetero) is 1. The van der Waals surface area contributed by atoms with Crippen molar-refractivity contribution in [1.29, 1.82) is 0 Å². The molecule has 0 saturated heterocycles. The summed E-state index contributed by atoms with van der Waals surface area (Å²) in [6.07, 6.45) is 3.81. The minimum absolute atomic E-state index is 0.0108. The summed E-state index contributed by atoms with van der Waals surface area (Å²) in [5.74, 6) is -0.845. The zero-order valence-electron chi connectivity index (χ0n) is 16.1. The van der Waals surface area contributed by atoms with E-state index in [2.05, 4.69) is 15.2 Å². The number of hydrogen-bond donors (Lipinski definition) is 1. The van der Waals surface area contributed by atoms with Gasteiger partial charge >= 0.3 is 0 Å². The van der Waals surface area contributed by atoms with Crippen LogP contribution in [0.2, 0.25) is 0 Å². The number of rotatable bonds is 6. The SMILES string of the molecule is Cc1ccc(F)c(S(=O)(=O)c2ccc(CCC(=O)c3cnc4[nH]ncc4c3)cc2)c1. The number of aromatic nitrogens is 3. The normalized spacial score (nSPS) is 11.7. The van der Waals surface area contributed by atoms with E-state index in [0.29, 0.717) is 23.2 Å². The molecule has 2 heterocycles. The minimum atomic E-state index is -3.96. The molecule has 0 atom stereocenters. The molecule has 4 aromatic rings. The second kappa shape index (κ2) is 7.79.